The summed E-state index contributed by atoms with van der Waals surface area (Å²) in [5, 5.41) is 27.7. The van der Waals surface area contributed by atoms with Gasteiger partial charge < -0.3 is 15.3 Å². The lowest BCUT2D eigenvalue weighted by molar-refractivity contribution is -0.596. The molecular formula is C11H10NO3+. The SMILES string of the molecule is Oc1ccc[n+](-c2ccc(O)c(O)c2)c1. The van der Waals surface area contributed by atoms with Crippen LogP contribution in [-0.4, -0.2) is 15.3 Å². The number of rotatable bonds is 1. The van der Waals surface area contributed by atoms with Crippen molar-refractivity contribution in [3.63, 3.8) is 0 Å². The zero-order chi connectivity index (χ0) is 10.8. The number of aromatic nitrogens is 1. The van der Waals surface area contributed by atoms with Gasteiger partial charge in [-0.3, -0.25) is 0 Å². The molecule has 1 heterocycles. The standard InChI is InChI=1S/C11H9NO3/c13-9-2-1-5-12(7-9)8-3-4-10(14)11(15)6-8/h1-7H,(H2-,13,14,15)/p+1. The van der Waals surface area contributed by atoms with E-state index in [0.717, 1.165) is 0 Å². The van der Waals surface area contributed by atoms with Crippen molar-refractivity contribution in [3.05, 3.63) is 42.7 Å². The highest BCUT2D eigenvalue weighted by Gasteiger charge is 2.09. The van der Waals surface area contributed by atoms with E-state index in [1.165, 1.54) is 18.3 Å². The number of phenolic OH excluding ortho intramolecular Hbond substituents is 2. The first kappa shape index (κ1) is 9.33. The average Bonchev–Trinajstić information content (AvgIpc) is 2.22. The zero-order valence-electron chi connectivity index (χ0n) is 7.83. The summed E-state index contributed by atoms with van der Waals surface area (Å²) in [5.74, 6) is -0.229. The van der Waals surface area contributed by atoms with Crippen LogP contribution >= 0.6 is 0 Å². The maximum atomic E-state index is 9.30. The molecule has 2 aromatic rings. The highest BCUT2D eigenvalue weighted by atomic mass is 16.3. The van der Waals surface area contributed by atoms with Gasteiger partial charge in [-0.25, -0.2) is 0 Å². The minimum absolute atomic E-state index is 0.130. The normalized spacial score (nSPS) is 10.1. The van der Waals surface area contributed by atoms with Gasteiger partial charge in [-0.05, 0) is 12.1 Å². The highest BCUT2D eigenvalue weighted by Crippen LogP contribution is 2.24. The Kier molecular flexibility index (Phi) is 2.17. The molecule has 15 heavy (non-hydrogen) atoms. The van der Waals surface area contributed by atoms with E-state index in [4.69, 9.17) is 5.11 Å². The van der Waals surface area contributed by atoms with Crippen LogP contribution in [0.4, 0.5) is 0 Å². The average molecular weight is 204 g/mol. The summed E-state index contributed by atoms with van der Waals surface area (Å²) in [6, 6.07) is 7.67. The van der Waals surface area contributed by atoms with Crippen LogP contribution in [0.2, 0.25) is 0 Å². The molecule has 0 unspecified atom stereocenters. The van der Waals surface area contributed by atoms with Crippen LogP contribution in [-0.2, 0) is 0 Å². The van der Waals surface area contributed by atoms with Crippen molar-refractivity contribution in [2.45, 2.75) is 0 Å². The smallest absolute Gasteiger partial charge is 0.216 e. The minimum atomic E-state index is -0.191. The van der Waals surface area contributed by atoms with Crippen LogP contribution < -0.4 is 4.57 Å². The Balaban J connectivity index is 2.50. The lowest BCUT2D eigenvalue weighted by Gasteiger charge is -1.98. The van der Waals surface area contributed by atoms with Gasteiger partial charge in [-0.2, -0.15) is 4.57 Å². The number of benzene rings is 1. The summed E-state index contributed by atoms with van der Waals surface area (Å²) in [7, 11) is 0. The molecule has 2 rings (SSSR count). The number of aromatic hydroxyl groups is 3. The fraction of sp³-hybridized carbons (Fsp3) is 0. The third-order valence-electron chi connectivity index (χ3n) is 2.04. The molecule has 4 nitrogen and oxygen atoms in total. The molecule has 0 spiro atoms. The molecule has 1 aromatic carbocycles. The van der Waals surface area contributed by atoms with E-state index in [1.54, 1.807) is 29.0 Å². The molecule has 76 valence electrons. The Morgan fingerprint density at radius 2 is 1.73 bits per heavy atom. The molecule has 0 radical (unpaired) electrons. The van der Waals surface area contributed by atoms with Gasteiger partial charge in [0.25, 0.3) is 0 Å². The Labute approximate surface area is 86.3 Å². The summed E-state index contributed by atoms with van der Waals surface area (Å²) in [5.41, 5.74) is 0.654. The van der Waals surface area contributed by atoms with Crippen LogP contribution in [0.1, 0.15) is 0 Å². The van der Waals surface area contributed by atoms with E-state index in [9.17, 15) is 10.2 Å². The second-order valence-electron chi connectivity index (χ2n) is 3.14. The van der Waals surface area contributed by atoms with Crippen molar-refractivity contribution in [2.24, 2.45) is 0 Å². The minimum Gasteiger partial charge on any atom is -0.504 e. The fourth-order valence-corrected chi connectivity index (χ4v) is 1.30. The Morgan fingerprint density at radius 3 is 2.40 bits per heavy atom. The molecule has 0 atom stereocenters. The third kappa shape index (κ3) is 1.83. The molecule has 0 bridgehead atoms. The van der Waals surface area contributed by atoms with Gasteiger partial charge in [0.15, 0.2) is 23.4 Å². The van der Waals surface area contributed by atoms with Crippen molar-refractivity contribution in [3.8, 4) is 22.9 Å². The van der Waals surface area contributed by atoms with E-state index >= 15 is 0 Å². The summed E-state index contributed by atoms with van der Waals surface area (Å²) < 4.78 is 1.63. The van der Waals surface area contributed by atoms with Crippen LogP contribution in [0.5, 0.6) is 17.2 Å². The molecule has 0 amide bonds. The Morgan fingerprint density at radius 1 is 0.933 bits per heavy atom. The molecule has 0 aliphatic carbocycles. The number of hydrogen-bond donors (Lipinski definition) is 3. The molecule has 0 fully saturated rings. The van der Waals surface area contributed by atoms with Crippen LogP contribution in [0.15, 0.2) is 42.7 Å². The maximum Gasteiger partial charge on any atom is 0.216 e. The molecule has 0 aliphatic heterocycles. The van der Waals surface area contributed by atoms with Gasteiger partial charge >= 0.3 is 0 Å². The van der Waals surface area contributed by atoms with Gasteiger partial charge in [0.1, 0.15) is 0 Å². The van der Waals surface area contributed by atoms with E-state index < -0.39 is 0 Å². The summed E-state index contributed by atoms with van der Waals surface area (Å²) in [6.07, 6.45) is 3.23. The molecule has 3 N–H and O–H groups in total. The largest absolute Gasteiger partial charge is 0.504 e. The molecule has 4 heteroatoms. The topological polar surface area (TPSA) is 64.6 Å². The van der Waals surface area contributed by atoms with Crippen LogP contribution in [0.3, 0.4) is 0 Å². The van der Waals surface area contributed by atoms with Crippen molar-refractivity contribution >= 4 is 0 Å². The van der Waals surface area contributed by atoms with Gasteiger partial charge in [-0.15, -0.1) is 0 Å². The second-order valence-corrected chi connectivity index (χ2v) is 3.14. The quantitative estimate of drug-likeness (QED) is 0.481. The lowest BCUT2D eigenvalue weighted by atomic mass is 10.2. The Bertz CT molecular complexity index is 497. The molecular weight excluding hydrogens is 194 g/mol. The van der Waals surface area contributed by atoms with Gasteiger partial charge in [0, 0.05) is 12.1 Å². The van der Waals surface area contributed by atoms with E-state index in [-0.39, 0.29) is 17.2 Å². The predicted molar refractivity (Wildman–Crippen MR) is 53.0 cm³/mol. The zero-order valence-corrected chi connectivity index (χ0v) is 7.83. The molecule has 0 aliphatic rings. The first-order valence-electron chi connectivity index (χ1n) is 4.39. The summed E-state index contributed by atoms with van der Waals surface area (Å²) >= 11 is 0. The van der Waals surface area contributed by atoms with Crippen LogP contribution in [0.25, 0.3) is 5.69 Å². The molecule has 0 saturated carbocycles. The van der Waals surface area contributed by atoms with Crippen molar-refractivity contribution in [1.29, 1.82) is 0 Å². The van der Waals surface area contributed by atoms with E-state index in [1.807, 2.05) is 0 Å². The third-order valence-corrected chi connectivity index (χ3v) is 2.04. The van der Waals surface area contributed by atoms with Gasteiger partial charge in [0.05, 0.1) is 6.07 Å². The van der Waals surface area contributed by atoms with Gasteiger partial charge in [-0.1, -0.05) is 0 Å². The van der Waals surface area contributed by atoms with Crippen molar-refractivity contribution < 1.29 is 19.9 Å². The monoisotopic (exact) mass is 204 g/mol. The fourth-order valence-electron chi connectivity index (χ4n) is 1.30. The lowest BCUT2D eigenvalue weighted by Crippen LogP contribution is -2.28. The maximum absolute atomic E-state index is 9.30. The molecule has 0 saturated heterocycles. The van der Waals surface area contributed by atoms with Crippen LogP contribution in [0, 0.1) is 0 Å². The number of nitrogens with zero attached hydrogens (tertiary/aromatic N) is 1. The Hall–Kier alpha value is -2.23. The van der Waals surface area contributed by atoms with E-state index in [2.05, 4.69) is 0 Å². The first-order chi connectivity index (χ1) is 7.16. The van der Waals surface area contributed by atoms with Crippen molar-refractivity contribution in [1.82, 2.24) is 0 Å². The van der Waals surface area contributed by atoms with Gasteiger partial charge in [0.2, 0.25) is 11.9 Å². The first-order valence-corrected chi connectivity index (χ1v) is 4.39. The number of pyridine rings is 1. The summed E-state index contributed by atoms with van der Waals surface area (Å²) in [6.45, 7) is 0. The second kappa shape index (κ2) is 3.49. The predicted octanol–water partition coefficient (Wildman–Crippen LogP) is 1.08. The summed E-state index contributed by atoms with van der Waals surface area (Å²) in [4.78, 5) is 0. The highest BCUT2D eigenvalue weighted by molar-refractivity contribution is 5.43. The number of phenols is 2. The van der Waals surface area contributed by atoms with Crippen molar-refractivity contribution in [2.75, 3.05) is 0 Å². The molecule has 1 aromatic heterocycles. The number of hydrogen-bond acceptors (Lipinski definition) is 3. The van der Waals surface area contributed by atoms with E-state index in [0.29, 0.717) is 5.69 Å².